The highest BCUT2D eigenvalue weighted by molar-refractivity contribution is 6.30. The first-order valence-corrected chi connectivity index (χ1v) is 11.3. The van der Waals surface area contributed by atoms with Crippen molar-refractivity contribution in [3.63, 3.8) is 0 Å². The quantitative estimate of drug-likeness (QED) is 0.583. The van der Waals surface area contributed by atoms with E-state index in [1.54, 1.807) is 6.07 Å². The number of benzene rings is 2. The van der Waals surface area contributed by atoms with Crippen molar-refractivity contribution >= 4 is 29.2 Å². The molecule has 0 aromatic heterocycles. The summed E-state index contributed by atoms with van der Waals surface area (Å²) in [6.07, 6.45) is -4.52. The molecule has 2 amide bonds. The predicted molar refractivity (Wildman–Crippen MR) is 122 cm³/mol. The summed E-state index contributed by atoms with van der Waals surface area (Å²) >= 11 is 5.83. The maximum Gasteiger partial charge on any atom is 0.425 e. The summed E-state index contributed by atoms with van der Waals surface area (Å²) in [4.78, 5) is 40.9. The molecule has 0 aliphatic carbocycles. The third-order valence-corrected chi connectivity index (χ3v) is 6.47. The summed E-state index contributed by atoms with van der Waals surface area (Å²) in [5.41, 5.74) is -4.76. The van der Waals surface area contributed by atoms with E-state index in [1.165, 1.54) is 55.5 Å². The minimum atomic E-state index is -5.32. The molecule has 10 heteroatoms. The highest BCUT2D eigenvalue weighted by Gasteiger charge is 2.70. The van der Waals surface area contributed by atoms with Crippen LogP contribution in [0.3, 0.4) is 0 Å². The standard InChI is InChI=1S/C25H22ClF3N2O4/c1-15-20(21(32)16-6-3-2-4-7-16)24(25(27,28)29,23(34)31(15)14-19-8-5-13-35-19)30-22(33)17-9-11-18(26)12-10-17/h2-4,6-7,9-12,19H,5,8,13-14H2,1H3,(H,30,33)/t19-,24-/m1/s1. The molecule has 6 nitrogen and oxygen atoms in total. The van der Waals surface area contributed by atoms with Crippen LogP contribution in [0.5, 0.6) is 0 Å². The van der Waals surface area contributed by atoms with Crippen molar-refractivity contribution in [1.82, 2.24) is 10.2 Å². The Morgan fingerprint density at radius 3 is 2.34 bits per heavy atom. The van der Waals surface area contributed by atoms with Gasteiger partial charge in [-0.3, -0.25) is 14.4 Å². The minimum Gasteiger partial charge on any atom is -0.376 e. The van der Waals surface area contributed by atoms with Gasteiger partial charge >= 0.3 is 6.18 Å². The van der Waals surface area contributed by atoms with E-state index in [1.807, 2.05) is 5.32 Å². The number of amides is 2. The fourth-order valence-corrected chi connectivity index (χ4v) is 4.57. The van der Waals surface area contributed by atoms with Crippen molar-refractivity contribution in [2.24, 2.45) is 0 Å². The molecule has 1 fully saturated rings. The number of hydrogen-bond acceptors (Lipinski definition) is 4. The summed E-state index contributed by atoms with van der Waals surface area (Å²) in [5.74, 6) is -3.61. The molecule has 2 aromatic carbocycles. The number of rotatable bonds is 6. The van der Waals surface area contributed by atoms with Crippen molar-refractivity contribution in [3.8, 4) is 0 Å². The molecular formula is C25H22ClF3N2O4. The number of hydrogen-bond donors (Lipinski definition) is 1. The Balaban J connectivity index is 1.85. The number of halogens is 4. The van der Waals surface area contributed by atoms with Gasteiger partial charge in [0.05, 0.1) is 18.2 Å². The van der Waals surface area contributed by atoms with E-state index in [0.717, 1.165) is 4.90 Å². The number of ketones is 1. The van der Waals surface area contributed by atoms with Crippen molar-refractivity contribution < 1.29 is 32.3 Å². The Morgan fingerprint density at radius 2 is 1.77 bits per heavy atom. The molecular weight excluding hydrogens is 485 g/mol. The molecule has 0 unspecified atom stereocenters. The monoisotopic (exact) mass is 506 g/mol. The van der Waals surface area contributed by atoms with E-state index < -0.39 is 41.0 Å². The molecule has 184 valence electrons. The number of allylic oxidation sites excluding steroid dienone is 1. The minimum absolute atomic E-state index is 0.0389. The number of carbonyl (C=O) groups is 3. The van der Waals surface area contributed by atoms with Gasteiger partial charge in [0.25, 0.3) is 11.8 Å². The summed E-state index contributed by atoms with van der Waals surface area (Å²) in [6, 6.07) is 12.5. The fraction of sp³-hybridized carbons (Fsp3) is 0.320. The van der Waals surface area contributed by atoms with Crippen molar-refractivity contribution in [2.75, 3.05) is 13.2 Å². The van der Waals surface area contributed by atoms with Crippen LogP contribution in [0.15, 0.2) is 65.9 Å². The van der Waals surface area contributed by atoms with Crippen molar-refractivity contribution in [2.45, 2.75) is 37.6 Å². The predicted octanol–water partition coefficient (Wildman–Crippen LogP) is 4.55. The molecule has 35 heavy (non-hydrogen) atoms. The van der Waals surface area contributed by atoms with Gasteiger partial charge in [0.1, 0.15) is 0 Å². The van der Waals surface area contributed by atoms with Gasteiger partial charge in [-0.1, -0.05) is 41.9 Å². The van der Waals surface area contributed by atoms with E-state index in [9.17, 15) is 27.6 Å². The van der Waals surface area contributed by atoms with Gasteiger partial charge in [-0.05, 0) is 44.0 Å². The number of Topliss-reactive ketones (excluding diaryl/α,β-unsaturated/α-hetero) is 1. The highest BCUT2D eigenvalue weighted by atomic mass is 35.5. The summed E-state index contributed by atoms with van der Waals surface area (Å²) in [6.45, 7) is 1.55. The number of nitrogens with one attached hydrogen (secondary N) is 1. The Kier molecular flexibility index (Phi) is 6.75. The zero-order valence-electron chi connectivity index (χ0n) is 18.7. The van der Waals surface area contributed by atoms with Crippen molar-refractivity contribution in [3.05, 3.63) is 82.0 Å². The molecule has 0 bridgehead atoms. The molecule has 1 saturated heterocycles. The molecule has 2 aromatic rings. The van der Waals surface area contributed by atoms with Crippen LogP contribution in [0.1, 0.15) is 40.5 Å². The zero-order valence-corrected chi connectivity index (χ0v) is 19.4. The second-order valence-corrected chi connectivity index (χ2v) is 8.85. The normalized spacial score (nSPS) is 22.6. The smallest absolute Gasteiger partial charge is 0.376 e. The van der Waals surface area contributed by atoms with Crippen LogP contribution in [0.25, 0.3) is 0 Å². The van der Waals surface area contributed by atoms with Crippen LogP contribution in [-0.4, -0.2) is 53.5 Å². The molecule has 2 aliphatic rings. The second kappa shape index (κ2) is 9.47. The van der Waals surface area contributed by atoms with Crippen LogP contribution < -0.4 is 5.32 Å². The van der Waals surface area contributed by atoms with Gasteiger partial charge in [0.2, 0.25) is 5.54 Å². The Bertz CT molecular complexity index is 1180. The maximum atomic E-state index is 14.9. The van der Waals surface area contributed by atoms with Gasteiger partial charge in [0, 0.05) is 28.5 Å². The number of carbonyl (C=O) groups excluding carboxylic acids is 3. The lowest BCUT2D eigenvalue weighted by Crippen LogP contribution is -2.66. The molecule has 2 atom stereocenters. The van der Waals surface area contributed by atoms with Crippen molar-refractivity contribution in [1.29, 1.82) is 0 Å². The average Bonchev–Trinajstić information content (AvgIpc) is 3.41. The number of alkyl halides is 3. The summed E-state index contributed by atoms with van der Waals surface area (Å²) < 4.78 is 50.2. The Labute approximate surface area is 204 Å². The first-order chi connectivity index (χ1) is 16.6. The van der Waals surface area contributed by atoms with Crippen LogP contribution in [0, 0.1) is 0 Å². The number of ether oxygens (including phenoxy) is 1. The molecule has 2 aliphatic heterocycles. The third-order valence-electron chi connectivity index (χ3n) is 6.21. The molecule has 0 spiro atoms. The van der Waals surface area contributed by atoms with Crippen LogP contribution in [0.4, 0.5) is 13.2 Å². The topological polar surface area (TPSA) is 75.7 Å². The molecule has 4 rings (SSSR count). The average molecular weight is 507 g/mol. The lowest BCUT2D eigenvalue weighted by Gasteiger charge is -2.33. The molecule has 1 N–H and O–H groups in total. The van der Waals surface area contributed by atoms with E-state index in [0.29, 0.717) is 19.4 Å². The molecule has 0 radical (unpaired) electrons. The summed E-state index contributed by atoms with van der Waals surface area (Å²) in [5, 5.41) is 2.17. The molecule has 0 saturated carbocycles. The third kappa shape index (κ3) is 4.46. The van der Waals surface area contributed by atoms with Gasteiger partial charge < -0.3 is 15.0 Å². The largest absolute Gasteiger partial charge is 0.425 e. The van der Waals surface area contributed by atoms with E-state index in [2.05, 4.69) is 0 Å². The Hall–Kier alpha value is -3.17. The first-order valence-electron chi connectivity index (χ1n) is 11.0. The Morgan fingerprint density at radius 1 is 1.11 bits per heavy atom. The van der Waals surface area contributed by atoms with Gasteiger partial charge in [0.15, 0.2) is 5.78 Å². The van der Waals surface area contributed by atoms with Crippen LogP contribution in [0.2, 0.25) is 5.02 Å². The molecule has 2 heterocycles. The second-order valence-electron chi connectivity index (χ2n) is 8.42. The van der Waals surface area contributed by atoms with Crippen LogP contribution in [-0.2, 0) is 9.53 Å². The lowest BCUT2D eigenvalue weighted by molar-refractivity contribution is -0.189. The fourth-order valence-electron chi connectivity index (χ4n) is 4.44. The van der Waals surface area contributed by atoms with Gasteiger partial charge in [-0.15, -0.1) is 0 Å². The van der Waals surface area contributed by atoms with Gasteiger partial charge in [-0.2, -0.15) is 13.2 Å². The summed E-state index contributed by atoms with van der Waals surface area (Å²) in [7, 11) is 0. The zero-order chi connectivity index (χ0) is 25.4. The lowest BCUT2D eigenvalue weighted by atomic mass is 9.84. The van der Waals surface area contributed by atoms with E-state index in [-0.39, 0.29) is 28.4 Å². The van der Waals surface area contributed by atoms with E-state index in [4.69, 9.17) is 16.3 Å². The van der Waals surface area contributed by atoms with E-state index >= 15 is 0 Å². The highest BCUT2D eigenvalue weighted by Crippen LogP contribution is 2.46. The maximum absolute atomic E-state index is 14.9. The SMILES string of the molecule is CC1=C(C(=O)c2ccccc2)[C@](NC(=O)c2ccc(Cl)cc2)(C(F)(F)F)C(=O)N1C[C@H]1CCCO1. The first kappa shape index (κ1) is 24.9. The number of nitrogens with zero attached hydrogens (tertiary/aromatic N) is 1. The van der Waals surface area contributed by atoms with Crippen LogP contribution >= 0.6 is 11.6 Å². The van der Waals surface area contributed by atoms with Gasteiger partial charge in [-0.25, -0.2) is 0 Å².